The van der Waals surface area contributed by atoms with Crippen LogP contribution in [0.15, 0.2) is 42.5 Å². The summed E-state index contributed by atoms with van der Waals surface area (Å²) in [5, 5.41) is 3.53. The summed E-state index contributed by atoms with van der Waals surface area (Å²) < 4.78 is 0. The standard InChI is InChI=1S/C16H15ClN2OS/c17-13-11-6-7-12(8-11)16(13)14(20)19(15(21)18-16)9-10-4-2-1-3-5-10/h1-7,11-13H,8-9H2,(H,18,21)/t11-,12+,13-,16+/m1/s1. The molecule has 1 saturated heterocycles. The van der Waals surface area contributed by atoms with E-state index in [1.165, 1.54) is 0 Å². The largest absolute Gasteiger partial charge is 0.346 e. The number of amides is 1. The van der Waals surface area contributed by atoms with Crippen molar-refractivity contribution in [2.24, 2.45) is 11.8 Å². The number of alkyl halides is 1. The topological polar surface area (TPSA) is 32.3 Å². The molecule has 5 heteroatoms. The van der Waals surface area contributed by atoms with Crippen LogP contribution < -0.4 is 5.32 Å². The second-order valence-corrected chi connectivity index (χ2v) is 6.83. The Hall–Kier alpha value is -1.39. The lowest BCUT2D eigenvalue weighted by atomic mass is 9.84. The molecule has 1 aromatic carbocycles. The lowest BCUT2D eigenvalue weighted by Gasteiger charge is -2.32. The molecule has 1 spiro atoms. The molecular formula is C16H15ClN2OS. The zero-order valence-corrected chi connectivity index (χ0v) is 12.9. The van der Waals surface area contributed by atoms with Crippen molar-refractivity contribution in [2.45, 2.75) is 23.9 Å². The second kappa shape index (κ2) is 4.55. The highest BCUT2D eigenvalue weighted by Gasteiger charge is 2.65. The van der Waals surface area contributed by atoms with Gasteiger partial charge in [0, 0.05) is 5.92 Å². The van der Waals surface area contributed by atoms with Gasteiger partial charge in [-0.15, -0.1) is 11.6 Å². The van der Waals surface area contributed by atoms with Gasteiger partial charge in [-0.1, -0.05) is 42.5 Å². The Balaban J connectivity index is 1.66. The van der Waals surface area contributed by atoms with E-state index in [0.29, 0.717) is 11.7 Å². The summed E-state index contributed by atoms with van der Waals surface area (Å²) in [6, 6.07) is 9.89. The number of nitrogens with one attached hydrogen (secondary N) is 1. The molecule has 0 radical (unpaired) electrons. The number of hydrogen-bond donors (Lipinski definition) is 1. The van der Waals surface area contributed by atoms with Gasteiger partial charge in [0.1, 0.15) is 5.54 Å². The number of carbonyl (C=O) groups is 1. The van der Waals surface area contributed by atoms with Gasteiger partial charge in [0.2, 0.25) is 0 Å². The third kappa shape index (κ3) is 1.72. The summed E-state index contributed by atoms with van der Waals surface area (Å²) in [4.78, 5) is 14.7. The van der Waals surface area contributed by atoms with E-state index in [1.54, 1.807) is 4.90 Å². The van der Waals surface area contributed by atoms with Gasteiger partial charge in [0.15, 0.2) is 5.11 Å². The van der Waals surface area contributed by atoms with Crippen LogP contribution in [0.1, 0.15) is 12.0 Å². The van der Waals surface area contributed by atoms with Gasteiger partial charge in [-0.05, 0) is 30.1 Å². The molecule has 1 amide bonds. The molecule has 4 rings (SSSR count). The van der Waals surface area contributed by atoms with Crippen molar-refractivity contribution in [3.63, 3.8) is 0 Å². The minimum atomic E-state index is -0.729. The third-order valence-corrected chi connectivity index (χ3v) is 5.84. The minimum Gasteiger partial charge on any atom is -0.346 e. The maximum Gasteiger partial charge on any atom is 0.256 e. The van der Waals surface area contributed by atoms with E-state index in [9.17, 15) is 4.79 Å². The number of fused-ring (bicyclic) bond motifs is 3. The number of thiocarbonyl (C=S) groups is 1. The van der Waals surface area contributed by atoms with E-state index in [-0.39, 0.29) is 23.1 Å². The van der Waals surface area contributed by atoms with Gasteiger partial charge < -0.3 is 5.32 Å². The predicted octanol–water partition coefficient (Wildman–Crippen LogP) is 2.46. The number of rotatable bonds is 2. The first-order valence-electron chi connectivity index (χ1n) is 7.13. The quantitative estimate of drug-likeness (QED) is 0.516. The van der Waals surface area contributed by atoms with Crippen LogP contribution in [-0.4, -0.2) is 26.8 Å². The molecule has 108 valence electrons. The Morgan fingerprint density at radius 3 is 2.76 bits per heavy atom. The molecule has 1 aromatic rings. The highest BCUT2D eigenvalue weighted by Crippen LogP contribution is 2.51. The maximum absolute atomic E-state index is 13.0. The molecule has 2 bridgehead atoms. The van der Waals surface area contributed by atoms with Crippen molar-refractivity contribution in [1.29, 1.82) is 0 Å². The molecule has 21 heavy (non-hydrogen) atoms. The Kier molecular flexibility index (Phi) is 2.88. The first-order valence-corrected chi connectivity index (χ1v) is 7.98. The molecule has 0 aromatic heterocycles. The molecule has 1 saturated carbocycles. The molecular weight excluding hydrogens is 304 g/mol. The zero-order chi connectivity index (χ0) is 14.6. The number of halogens is 1. The van der Waals surface area contributed by atoms with Gasteiger partial charge >= 0.3 is 0 Å². The molecule has 0 unspecified atom stereocenters. The van der Waals surface area contributed by atoms with Crippen molar-refractivity contribution in [3.05, 3.63) is 48.0 Å². The second-order valence-electron chi connectivity index (χ2n) is 5.97. The van der Waals surface area contributed by atoms with Crippen molar-refractivity contribution < 1.29 is 4.79 Å². The number of nitrogens with zero attached hydrogens (tertiary/aromatic N) is 1. The summed E-state index contributed by atoms with van der Waals surface area (Å²) in [5.41, 5.74) is 0.337. The normalized spacial score (nSPS) is 36.8. The summed E-state index contributed by atoms with van der Waals surface area (Å²) in [6.07, 6.45) is 5.18. The molecule has 4 atom stereocenters. The number of allylic oxidation sites excluding steroid dienone is 1. The molecule has 2 fully saturated rings. The summed E-state index contributed by atoms with van der Waals surface area (Å²) in [5.74, 6) is 0.442. The highest BCUT2D eigenvalue weighted by molar-refractivity contribution is 7.80. The van der Waals surface area contributed by atoms with Crippen molar-refractivity contribution in [2.75, 3.05) is 0 Å². The molecule has 3 nitrogen and oxygen atoms in total. The van der Waals surface area contributed by atoms with E-state index < -0.39 is 5.54 Å². The smallest absolute Gasteiger partial charge is 0.256 e. The summed E-state index contributed by atoms with van der Waals surface area (Å²) in [7, 11) is 0. The van der Waals surface area contributed by atoms with Crippen LogP contribution in [0, 0.1) is 11.8 Å². The average Bonchev–Trinajstić information content (AvgIpc) is 3.13. The Labute approximate surface area is 134 Å². The first-order chi connectivity index (χ1) is 10.1. The fourth-order valence-corrected chi connectivity index (χ4v) is 4.60. The lowest BCUT2D eigenvalue weighted by molar-refractivity contribution is -0.132. The molecule has 2 aliphatic carbocycles. The van der Waals surface area contributed by atoms with E-state index in [4.69, 9.17) is 23.8 Å². The van der Waals surface area contributed by atoms with Gasteiger partial charge in [-0.2, -0.15) is 0 Å². The fraction of sp³-hybridized carbons (Fsp3) is 0.375. The maximum atomic E-state index is 13.0. The molecule has 1 aliphatic heterocycles. The van der Waals surface area contributed by atoms with E-state index in [2.05, 4.69) is 17.5 Å². The average molecular weight is 319 g/mol. The van der Waals surface area contributed by atoms with Crippen LogP contribution in [0.3, 0.4) is 0 Å². The first kappa shape index (κ1) is 13.3. The summed E-state index contributed by atoms with van der Waals surface area (Å²) >= 11 is 12.0. The zero-order valence-electron chi connectivity index (χ0n) is 11.3. The number of benzene rings is 1. The number of hydrogen-bond acceptors (Lipinski definition) is 2. The van der Waals surface area contributed by atoms with Gasteiger partial charge in [-0.25, -0.2) is 0 Å². The van der Waals surface area contributed by atoms with Crippen LogP contribution in [0.25, 0.3) is 0 Å². The fourth-order valence-electron chi connectivity index (χ4n) is 3.79. The van der Waals surface area contributed by atoms with Crippen molar-refractivity contribution in [1.82, 2.24) is 10.2 Å². The van der Waals surface area contributed by atoms with Crippen molar-refractivity contribution in [3.8, 4) is 0 Å². The van der Waals surface area contributed by atoms with Crippen LogP contribution in [0.5, 0.6) is 0 Å². The van der Waals surface area contributed by atoms with E-state index in [0.717, 1.165) is 12.0 Å². The number of carbonyl (C=O) groups excluding carboxylic acids is 1. The highest BCUT2D eigenvalue weighted by atomic mass is 35.5. The molecule has 1 heterocycles. The van der Waals surface area contributed by atoms with Crippen LogP contribution in [0.4, 0.5) is 0 Å². The van der Waals surface area contributed by atoms with E-state index >= 15 is 0 Å². The van der Waals surface area contributed by atoms with Gasteiger partial charge in [0.25, 0.3) is 5.91 Å². The SMILES string of the molecule is O=C1N(Cc2ccccc2)C(=S)N[C@@]12[C@H](Cl)[C@@H]1C=C[C@H]2C1. The van der Waals surface area contributed by atoms with Crippen LogP contribution in [0.2, 0.25) is 0 Å². The monoisotopic (exact) mass is 318 g/mol. The van der Waals surface area contributed by atoms with E-state index in [1.807, 2.05) is 30.3 Å². The van der Waals surface area contributed by atoms with Gasteiger partial charge in [-0.3, -0.25) is 9.69 Å². The lowest BCUT2D eigenvalue weighted by Crippen LogP contribution is -2.57. The molecule has 1 N–H and O–H groups in total. The van der Waals surface area contributed by atoms with Gasteiger partial charge in [0.05, 0.1) is 11.9 Å². The predicted molar refractivity (Wildman–Crippen MR) is 85.8 cm³/mol. The Morgan fingerprint density at radius 2 is 2.10 bits per heavy atom. The van der Waals surface area contributed by atoms with Crippen molar-refractivity contribution >= 4 is 34.8 Å². The molecule has 3 aliphatic rings. The third-order valence-electron chi connectivity index (χ3n) is 4.85. The minimum absolute atomic E-state index is 0.0215. The van der Waals surface area contributed by atoms with Crippen LogP contribution in [-0.2, 0) is 11.3 Å². The summed E-state index contributed by atoms with van der Waals surface area (Å²) in [6.45, 7) is 0.498. The Bertz CT molecular complexity index is 647. The van der Waals surface area contributed by atoms with Crippen LogP contribution >= 0.6 is 23.8 Å². The Morgan fingerprint density at radius 1 is 1.33 bits per heavy atom.